The highest BCUT2D eigenvalue weighted by molar-refractivity contribution is 5.92. The van der Waals surface area contributed by atoms with Gasteiger partial charge in [0.2, 0.25) is 11.8 Å². The number of anilines is 1. The van der Waals surface area contributed by atoms with Gasteiger partial charge in [0, 0.05) is 31.2 Å². The fourth-order valence-corrected chi connectivity index (χ4v) is 3.08. The number of piperidine rings is 1. The highest BCUT2D eigenvalue weighted by atomic mass is 35.5. The molecule has 2 amide bonds. The molecule has 0 spiro atoms. The van der Waals surface area contributed by atoms with Crippen molar-refractivity contribution in [3.8, 4) is 0 Å². The number of morpholine rings is 1. The van der Waals surface area contributed by atoms with Crippen LogP contribution in [0.1, 0.15) is 12.8 Å². The number of hydrogen-bond donors (Lipinski definition) is 2. The van der Waals surface area contributed by atoms with Crippen LogP contribution in [-0.2, 0) is 14.3 Å². The third kappa shape index (κ3) is 5.14. The summed E-state index contributed by atoms with van der Waals surface area (Å²) in [4.78, 5) is 26.5. The molecule has 1 aromatic rings. The summed E-state index contributed by atoms with van der Waals surface area (Å²) in [5.41, 5.74) is 0.587. The molecule has 2 saturated heterocycles. The Morgan fingerprint density at radius 3 is 2.48 bits per heavy atom. The third-order valence-electron chi connectivity index (χ3n) is 4.51. The van der Waals surface area contributed by atoms with Crippen molar-refractivity contribution in [2.24, 2.45) is 5.92 Å². The number of carbonyl (C=O) groups is 2. The fraction of sp³-hybridized carbons (Fsp3) is 0.529. The summed E-state index contributed by atoms with van der Waals surface area (Å²) in [5, 5.41) is 5.97. The van der Waals surface area contributed by atoms with Gasteiger partial charge < -0.3 is 20.3 Å². The smallest absolute Gasteiger partial charge is 0.242 e. The Balaban J connectivity index is 0.00000225. The zero-order chi connectivity index (χ0) is 16.9. The Bertz CT molecular complexity index is 585. The topological polar surface area (TPSA) is 70.7 Å². The average Bonchev–Trinajstić information content (AvgIpc) is 2.64. The molecular weight excluding hydrogens is 349 g/mol. The molecular formula is C17H23ClFN3O3. The molecule has 2 aliphatic rings. The van der Waals surface area contributed by atoms with E-state index in [-0.39, 0.29) is 42.0 Å². The molecule has 138 valence electrons. The maximum Gasteiger partial charge on any atom is 0.242 e. The van der Waals surface area contributed by atoms with Crippen molar-refractivity contribution in [2.45, 2.75) is 18.9 Å². The van der Waals surface area contributed by atoms with Crippen LogP contribution in [0.3, 0.4) is 0 Å². The van der Waals surface area contributed by atoms with Crippen LogP contribution in [0.15, 0.2) is 24.3 Å². The lowest BCUT2D eigenvalue weighted by atomic mass is 9.95. The molecule has 3 rings (SSSR count). The van der Waals surface area contributed by atoms with E-state index in [1.807, 2.05) is 0 Å². The maximum atomic E-state index is 12.9. The molecule has 1 atom stereocenters. The first kappa shape index (κ1) is 19.6. The van der Waals surface area contributed by atoms with Gasteiger partial charge in [0.25, 0.3) is 0 Å². The minimum atomic E-state index is -0.333. The second-order valence-corrected chi connectivity index (χ2v) is 6.18. The molecule has 2 heterocycles. The van der Waals surface area contributed by atoms with Gasteiger partial charge in [-0.3, -0.25) is 9.59 Å². The van der Waals surface area contributed by atoms with Gasteiger partial charge in [0.05, 0.1) is 13.2 Å². The van der Waals surface area contributed by atoms with Crippen LogP contribution >= 0.6 is 12.4 Å². The maximum absolute atomic E-state index is 12.9. The van der Waals surface area contributed by atoms with Crippen LogP contribution in [-0.4, -0.2) is 55.6 Å². The number of nitrogens with zero attached hydrogens (tertiary/aromatic N) is 1. The van der Waals surface area contributed by atoms with Crippen LogP contribution in [0.2, 0.25) is 0 Å². The second kappa shape index (κ2) is 9.12. The van der Waals surface area contributed by atoms with E-state index in [9.17, 15) is 14.0 Å². The quantitative estimate of drug-likeness (QED) is 0.843. The molecule has 0 radical (unpaired) electrons. The molecule has 2 aliphatic heterocycles. The van der Waals surface area contributed by atoms with E-state index in [4.69, 9.17) is 4.74 Å². The Kier molecular flexibility index (Phi) is 7.16. The Hall–Kier alpha value is -1.70. The van der Waals surface area contributed by atoms with E-state index < -0.39 is 0 Å². The Morgan fingerprint density at radius 2 is 1.88 bits per heavy atom. The van der Waals surface area contributed by atoms with Crippen molar-refractivity contribution in [1.82, 2.24) is 10.2 Å². The SMILES string of the molecule is Cl.O=C(Nc1ccc(F)cc1)C1CCN(C(=O)C2COCCN2)CC1. The van der Waals surface area contributed by atoms with E-state index in [1.54, 1.807) is 17.0 Å². The Labute approximate surface area is 152 Å². The van der Waals surface area contributed by atoms with Gasteiger partial charge in [-0.1, -0.05) is 0 Å². The number of benzene rings is 1. The normalized spacial score (nSPS) is 21.3. The molecule has 1 aromatic carbocycles. The summed E-state index contributed by atoms with van der Waals surface area (Å²) in [7, 11) is 0. The van der Waals surface area contributed by atoms with Gasteiger partial charge in [-0.25, -0.2) is 4.39 Å². The zero-order valence-electron chi connectivity index (χ0n) is 13.9. The van der Waals surface area contributed by atoms with Crippen LogP contribution in [0.5, 0.6) is 0 Å². The standard InChI is InChI=1S/C17H22FN3O3.ClH/c18-13-1-3-14(4-2-13)20-16(22)12-5-8-21(9-6-12)17(23)15-11-24-10-7-19-15;/h1-4,12,15,19H,5-11H2,(H,20,22);1H. The summed E-state index contributed by atoms with van der Waals surface area (Å²) in [6.45, 7) is 2.86. The predicted octanol–water partition coefficient (Wildman–Crippen LogP) is 1.41. The van der Waals surface area contributed by atoms with Gasteiger partial charge in [-0.2, -0.15) is 0 Å². The highest BCUT2D eigenvalue weighted by Crippen LogP contribution is 2.20. The van der Waals surface area contributed by atoms with E-state index in [0.29, 0.717) is 51.4 Å². The van der Waals surface area contributed by atoms with Crippen LogP contribution in [0, 0.1) is 11.7 Å². The van der Waals surface area contributed by atoms with Crippen molar-refractivity contribution in [1.29, 1.82) is 0 Å². The van der Waals surface area contributed by atoms with E-state index >= 15 is 0 Å². The van der Waals surface area contributed by atoms with Crippen molar-refractivity contribution in [3.05, 3.63) is 30.1 Å². The number of halogens is 2. The summed E-state index contributed by atoms with van der Waals surface area (Å²) in [6.07, 6.45) is 1.26. The molecule has 0 bridgehead atoms. The number of nitrogens with one attached hydrogen (secondary N) is 2. The molecule has 8 heteroatoms. The number of hydrogen-bond acceptors (Lipinski definition) is 4. The van der Waals surface area contributed by atoms with Crippen molar-refractivity contribution in [3.63, 3.8) is 0 Å². The fourth-order valence-electron chi connectivity index (χ4n) is 3.08. The van der Waals surface area contributed by atoms with E-state index in [2.05, 4.69) is 10.6 Å². The first-order valence-corrected chi connectivity index (χ1v) is 8.30. The number of ether oxygens (including phenoxy) is 1. The predicted molar refractivity (Wildman–Crippen MR) is 94.2 cm³/mol. The zero-order valence-corrected chi connectivity index (χ0v) is 14.7. The summed E-state index contributed by atoms with van der Waals surface area (Å²) >= 11 is 0. The van der Waals surface area contributed by atoms with Gasteiger partial charge >= 0.3 is 0 Å². The average molecular weight is 372 g/mol. The number of rotatable bonds is 3. The van der Waals surface area contributed by atoms with Gasteiger partial charge in [0.1, 0.15) is 11.9 Å². The number of carbonyl (C=O) groups excluding carboxylic acids is 2. The van der Waals surface area contributed by atoms with Gasteiger partial charge in [0.15, 0.2) is 0 Å². The molecule has 6 nitrogen and oxygen atoms in total. The van der Waals surface area contributed by atoms with Crippen molar-refractivity contribution in [2.75, 3.05) is 38.2 Å². The summed E-state index contributed by atoms with van der Waals surface area (Å²) < 4.78 is 18.2. The second-order valence-electron chi connectivity index (χ2n) is 6.18. The number of likely N-dealkylation sites (tertiary alicyclic amines) is 1. The summed E-state index contributed by atoms with van der Waals surface area (Å²) in [6, 6.07) is 5.44. The molecule has 2 fully saturated rings. The molecule has 0 saturated carbocycles. The molecule has 2 N–H and O–H groups in total. The van der Waals surface area contributed by atoms with E-state index in [1.165, 1.54) is 12.1 Å². The molecule has 1 unspecified atom stereocenters. The molecule has 25 heavy (non-hydrogen) atoms. The minimum absolute atomic E-state index is 0. The van der Waals surface area contributed by atoms with E-state index in [0.717, 1.165) is 0 Å². The monoisotopic (exact) mass is 371 g/mol. The molecule has 0 aromatic heterocycles. The van der Waals surface area contributed by atoms with Crippen LogP contribution in [0.4, 0.5) is 10.1 Å². The Morgan fingerprint density at radius 1 is 1.20 bits per heavy atom. The van der Waals surface area contributed by atoms with Crippen LogP contribution in [0.25, 0.3) is 0 Å². The first-order valence-electron chi connectivity index (χ1n) is 8.30. The molecule has 0 aliphatic carbocycles. The lowest BCUT2D eigenvalue weighted by molar-refractivity contribution is -0.139. The third-order valence-corrected chi connectivity index (χ3v) is 4.51. The van der Waals surface area contributed by atoms with Crippen molar-refractivity contribution >= 4 is 29.9 Å². The minimum Gasteiger partial charge on any atom is -0.378 e. The van der Waals surface area contributed by atoms with Gasteiger partial charge in [-0.05, 0) is 37.1 Å². The van der Waals surface area contributed by atoms with Gasteiger partial charge in [-0.15, -0.1) is 12.4 Å². The summed E-state index contributed by atoms with van der Waals surface area (Å²) in [5.74, 6) is -0.491. The largest absolute Gasteiger partial charge is 0.378 e. The van der Waals surface area contributed by atoms with Crippen molar-refractivity contribution < 1.29 is 18.7 Å². The lowest BCUT2D eigenvalue weighted by Crippen LogP contribution is -2.54. The lowest BCUT2D eigenvalue weighted by Gasteiger charge is -2.35. The van der Waals surface area contributed by atoms with Crippen LogP contribution < -0.4 is 10.6 Å². The first-order chi connectivity index (χ1) is 11.6. The highest BCUT2D eigenvalue weighted by Gasteiger charge is 2.31. The number of amides is 2.